The van der Waals surface area contributed by atoms with Gasteiger partial charge in [-0.25, -0.2) is 22.4 Å². The van der Waals surface area contributed by atoms with Crippen LogP contribution in [-0.2, 0) is 26.5 Å². The first kappa shape index (κ1) is 41.6. The van der Waals surface area contributed by atoms with Crippen molar-refractivity contribution >= 4 is 27.9 Å². The summed E-state index contributed by atoms with van der Waals surface area (Å²) >= 11 is 0. The van der Waals surface area contributed by atoms with E-state index < -0.39 is 39.2 Å². The molecule has 2 aliphatic rings. The number of carbonyl (C=O) groups is 2. The standard InChI is InChI=1S/C40H49FN4O10S/c1-9-56(49,50)42-26-10-12-33(53-34-13-11-29(23-32(34)41)51-27-14-18-44(19-15-27)37(47)54-39(2,3)4)30(22-26)31-25-43(8)36(46)24-35(31)52-28-16-20-45(21-17-28)38(48)55-40(5,6)7/h10-15,18,22-25,28,42H,9,16-17,19-21H2,1-8H3. The van der Waals surface area contributed by atoms with Crippen molar-refractivity contribution in [1.82, 2.24) is 14.4 Å². The molecule has 3 heterocycles. The van der Waals surface area contributed by atoms with Crippen molar-refractivity contribution in [2.24, 2.45) is 7.05 Å². The van der Waals surface area contributed by atoms with Gasteiger partial charge in [-0.1, -0.05) is 0 Å². The summed E-state index contributed by atoms with van der Waals surface area (Å²) in [6.07, 6.45) is 5.90. The number of piperidine rings is 1. The quantitative estimate of drug-likeness (QED) is 0.218. The summed E-state index contributed by atoms with van der Waals surface area (Å²) in [4.78, 5) is 40.9. The number of likely N-dealkylation sites (tertiary alicyclic amines) is 1. The Bertz CT molecular complexity index is 2180. The summed E-state index contributed by atoms with van der Waals surface area (Å²) in [7, 11) is -2.12. The van der Waals surface area contributed by atoms with Crippen LogP contribution in [0.15, 0.2) is 77.6 Å². The summed E-state index contributed by atoms with van der Waals surface area (Å²) in [5.41, 5.74) is -0.747. The molecule has 302 valence electrons. The molecule has 3 aromatic rings. The van der Waals surface area contributed by atoms with Crippen molar-refractivity contribution in [3.8, 4) is 34.1 Å². The molecular weight excluding hydrogens is 748 g/mol. The molecule has 2 aromatic carbocycles. The van der Waals surface area contributed by atoms with Gasteiger partial charge in [0.2, 0.25) is 10.0 Å². The molecule has 1 fully saturated rings. The molecule has 0 saturated carbocycles. The van der Waals surface area contributed by atoms with Crippen LogP contribution in [0, 0.1) is 5.82 Å². The summed E-state index contributed by atoms with van der Waals surface area (Å²) in [6.45, 7) is 13.2. The molecule has 0 spiro atoms. The fraction of sp³-hybridized carbons (Fsp3) is 0.425. The molecule has 56 heavy (non-hydrogen) atoms. The molecule has 5 rings (SSSR count). The average Bonchev–Trinajstić information content (AvgIpc) is 3.10. The maximum Gasteiger partial charge on any atom is 0.414 e. The van der Waals surface area contributed by atoms with E-state index in [0.29, 0.717) is 42.8 Å². The number of ether oxygens (including phenoxy) is 5. The highest BCUT2D eigenvalue weighted by Crippen LogP contribution is 2.41. The molecular formula is C40H49FN4O10S. The number of benzene rings is 2. The smallest absolute Gasteiger partial charge is 0.414 e. The van der Waals surface area contributed by atoms with Gasteiger partial charge in [0.05, 0.1) is 12.3 Å². The number of anilines is 1. The highest BCUT2D eigenvalue weighted by atomic mass is 32.2. The van der Waals surface area contributed by atoms with E-state index in [9.17, 15) is 22.8 Å². The van der Waals surface area contributed by atoms with Gasteiger partial charge >= 0.3 is 12.2 Å². The maximum atomic E-state index is 15.7. The lowest BCUT2D eigenvalue weighted by atomic mass is 10.0. The first-order chi connectivity index (χ1) is 26.2. The van der Waals surface area contributed by atoms with Crippen molar-refractivity contribution in [2.75, 3.05) is 30.1 Å². The second-order valence-corrected chi connectivity index (χ2v) is 17.4. The number of allylic oxidation sites excluding steroid dienone is 1. The van der Waals surface area contributed by atoms with Crippen LogP contribution in [0.4, 0.5) is 19.7 Å². The van der Waals surface area contributed by atoms with Crippen molar-refractivity contribution < 1.29 is 46.1 Å². The van der Waals surface area contributed by atoms with Crippen LogP contribution < -0.4 is 24.5 Å². The molecule has 0 bridgehead atoms. The van der Waals surface area contributed by atoms with E-state index in [-0.39, 0.29) is 52.6 Å². The number of aromatic nitrogens is 1. The Hall–Kier alpha value is -5.51. The molecule has 14 nitrogen and oxygen atoms in total. The van der Waals surface area contributed by atoms with Crippen molar-refractivity contribution in [3.05, 3.63) is 88.9 Å². The van der Waals surface area contributed by atoms with Crippen LogP contribution in [0.25, 0.3) is 11.1 Å². The van der Waals surface area contributed by atoms with Crippen LogP contribution >= 0.6 is 0 Å². The Morgan fingerprint density at radius 1 is 0.875 bits per heavy atom. The maximum absolute atomic E-state index is 15.7. The van der Waals surface area contributed by atoms with E-state index in [1.54, 1.807) is 65.6 Å². The molecule has 2 aliphatic heterocycles. The SMILES string of the molecule is CCS(=O)(=O)Nc1ccc(Oc2ccc(OC3=CCN(C(=O)OC(C)(C)C)C=C3)cc2F)c(-c2cn(C)c(=O)cc2OC2CCN(C(=O)OC(C)(C)C)CC2)c1. The lowest BCUT2D eigenvalue weighted by molar-refractivity contribution is 0.0126. The highest BCUT2D eigenvalue weighted by Gasteiger charge is 2.29. The number of hydrogen-bond donors (Lipinski definition) is 1. The zero-order valence-corrected chi connectivity index (χ0v) is 33.7. The first-order valence-corrected chi connectivity index (χ1v) is 19.9. The van der Waals surface area contributed by atoms with Gasteiger partial charge in [0.15, 0.2) is 11.6 Å². The van der Waals surface area contributed by atoms with Crippen LogP contribution in [-0.4, -0.2) is 77.7 Å². The van der Waals surface area contributed by atoms with E-state index in [1.807, 2.05) is 0 Å². The Kier molecular flexibility index (Phi) is 12.4. The molecule has 0 unspecified atom stereocenters. The molecule has 1 N–H and O–H groups in total. The number of halogens is 1. The minimum Gasteiger partial charge on any atom is -0.489 e. The number of sulfonamides is 1. The topological polar surface area (TPSA) is 155 Å². The van der Waals surface area contributed by atoms with Gasteiger partial charge in [-0.15, -0.1) is 0 Å². The van der Waals surface area contributed by atoms with E-state index in [0.717, 1.165) is 6.07 Å². The second-order valence-electron chi connectivity index (χ2n) is 15.4. The number of pyridine rings is 1. The minimum absolute atomic E-state index is 0.139. The molecule has 1 saturated heterocycles. The van der Waals surface area contributed by atoms with Gasteiger partial charge in [-0.05, 0) is 91.0 Å². The number of amides is 2. The third kappa shape index (κ3) is 11.3. The van der Waals surface area contributed by atoms with Crippen LogP contribution in [0.5, 0.6) is 23.0 Å². The summed E-state index contributed by atoms with van der Waals surface area (Å²) in [5, 5.41) is 0. The second kappa shape index (κ2) is 16.7. The third-order valence-corrected chi connectivity index (χ3v) is 9.70. The molecule has 16 heteroatoms. The molecule has 0 atom stereocenters. The van der Waals surface area contributed by atoms with Gasteiger partial charge in [0.1, 0.15) is 40.3 Å². The Labute approximate surface area is 326 Å². The molecule has 0 aliphatic carbocycles. The number of nitrogens with one attached hydrogen (secondary N) is 1. The number of nitrogens with zero attached hydrogens (tertiary/aromatic N) is 3. The predicted molar refractivity (Wildman–Crippen MR) is 209 cm³/mol. The fourth-order valence-corrected chi connectivity index (χ4v) is 6.24. The van der Waals surface area contributed by atoms with Gasteiger partial charge in [0, 0.05) is 74.3 Å². The Morgan fingerprint density at radius 2 is 1.54 bits per heavy atom. The molecule has 0 radical (unpaired) electrons. The Balaban J connectivity index is 1.40. The van der Waals surface area contributed by atoms with Gasteiger partial charge < -0.3 is 33.2 Å². The zero-order valence-electron chi connectivity index (χ0n) is 32.9. The Morgan fingerprint density at radius 3 is 2.14 bits per heavy atom. The van der Waals surface area contributed by atoms with Crippen LogP contribution in [0.2, 0.25) is 0 Å². The molecule has 2 amide bonds. The zero-order chi connectivity index (χ0) is 41.0. The number of rotatable bonds is 10. The van der Waals surface area contributed by atoms with E-state index in [2.05, 4.69) is 4.72 Å². The number of hydrogen-bond acceptors (Lipinski definition) is 10. The summed E-state index contributed by atoms with van der Waals surface area (Å²) in [5.74, 6) is -0.186. The molecule has 1 aromatic heterocycles. The average molecular weight is 797 g/mol. The number of aryl methyl sites for hydroxylation is 1. The van der Waals surface area contributed by atoms with Gasteiger partial charge in [0.25, 0.3) is 5.56 Å². The monoisotopic (exact) mass is 796 g/mol. The fourth-order valence-electron chi connectivity index (χ4n) is 5.61. The highest BCUT2D eigenvalue weighted by molar-refractivity contribution is 7.92. The van der Waals surface area contributed by atoms with Crippen LogP contribution in [0.1, 0.15) is 61.3 Å². The van der Waals surface area contributed by atoms with E-state index >= 15 is 4.39 Å². The van der Waals surface area contributed by atoms with Gasteiger partial charge in [-0.3, -0.25) is 14.4 Å². The normalized spacial score (nSPS) is 15.2. The van der Waals surface area contributed by atoms with Crippen molar-refractivity contribution in [1.29, 1.82) is 0 Å². The van der Waals surface area contributed by atoms with Gasteiger partial charge in [-0.2, -0.15) is 0 Å². The minimum atomic E-state index is -3.68. The first-order valence-electron chi connectivity index (χ1n) is 18.2. The van der Waals surface area contributed by atoms with E-state index in [1.165, 1.54) is 65.2 Å². The van der Waals surface area contributed by atoms with Crippen LogP contribution in [0.3, 0.4) is 0 Å². The van der Waals surface area contributed by atoms with E-state index in [4.69, 9.17) is 23.7 Å². The largest absolute Gasteiger partial charge is 0.489 e. The lowest BCUT2D eigenvalue weighted by Gasteiger charge is -2.33. The summed E-state index contributed by atoms with van der Waals surface area (Å²) in [6, 6.07) is 9.89. The lowest BCUT2D eigenvalue weighted by Crippen LogP contribution is -2.44. The third-order valence-electron chi connectivity index (χ3n) is 8.40. The van der Waals surface area contributed by atoms with Crippen molar-refractivity contribution in [3.63, 3.8) is 0 Å². The summed E-state index contributed by atoms with van der Waals surface area (Å²) < 4.78 is 73.9. The number of carbonyl (C=O) groups excluding carboxylic acids is 2. The predicted octanol–water partition coefficient (Wildman–Crippen LogP) is 7.55. The van der Waals surface area contributed by atoms with Crippen molar-refractivity contribution in [2.45, 2.75) is 78.6 Å².